The van der Waals surface area contributed by atoms with Gasteiger partial charge in [-0.3, -0.25) is 14.5 Å². The van der Waals surface area contributed by atoms with E-state index in [2.05, 4.69) is 23.2 Å². The van der Waals surface area contributed by atoms with E-state index in [-0.39, 0.29) is 12.5 Å². The average molecular weight is 393 g/mol. The highest BCUT2D eigenvalue weighted by molar-refractivity contribution is 7.71. The van der Waals surface area contributed by atoms with Crippen molar-refractivity contribution in [1.82, 2.24) is 19.7 Å². The minimum atomic E-state index is -0.0273. The molecule has 2 heterocycles. The van der Waals surface area contributed by atoms with Crippen LogP contribution in [0.3, 0.4) is 0 Å². The van der Waals surface area contributed by atoms with Gasteiger partial charge in [0.05, 0.1) is 6.54 Å². The lowest BCUT2D eigenvalue weighted by atomic mass is 10.2. The van der Waals surface area contributed by atoms with Crippen LogP contribution in [0, 0.1) is 11.7 Å². The number of carbonyl (C=O) groups excluding carboxylic acids is 1. The number of nitrogens with one attached hydrogen (secondary N) is 1. The van der Waals surface area contributed by atoms with Crippen LogP contribution in [0.5, 0.6) is 0 Å². The third kappa shape index (κ3) is 4.00. The van der Waals surface area contributed by atoms with Gasteiger partial charge in [0.25, 0.3) is 0 Å². The highest BCUT2D eigenvalue weighted by Gasteiger charge is 2.16. The zero-order valence-electron chi connectivity index (χ0n) is 13.8. The molecule has 1 N–H and O–H groups in total. The van der Waals surface area contributed by atoms with Crippen molar-refractivity contribution >= 4 is 41.1 Å². The van der Waals surface area contributed by atoms with Crippen molar-refractivity contribution in [2.24, 2.45) is 0 Å². The number of amides is 1. The monoisotopic (exact) mass is 392 g/mol. The van der Waals surface area contributed by atoms with Crippen LogP contribution in [0.4, 0.5) is 0 Å². The van der Waals surface area contributed by atoms with Gasteiger partial charge in [-0.15, -0.1) is 11.3 Å². The van der Waals surface area contributed by atoms with Crippen molar-refractivity contribution in [1.29, 1.82) is 0 Å². The van der Waals surface area contributed by atoms with E-state index in [0.29, 0.717) is 22.2 Å². The van der Waals surface area contributed by atoms with E-state index < -0.39 is 0 Å². The van der Waals surface area contributed by atoms with E-state index in [1.165, 1.54) is 10.4 Å². The molecule has 5 nitrogen and oxygen atoms in total. The van der Waals surface area contributed by atoms with Gasteiger partial charge < -0.3 is 4.90 Å². The van der Waals surface area contributed by atoms with Crippen LogP contribution < -0.4 is 0 Å². The fourth-order valence-corrected chi connectivity index (χ4v) is 3.69. The Labute approximate surface area is 159 Å². The molecule has 130 valence electrons. The first-order valence-electron chi connectivity index (χ1n) is 7.64. The molecule has 2 aromatic heterocycles. The molecule has 0 unspecified atom stereocenters. The SMILES string of the molecule is Cc1ccsc1CN(C)C(=O)Cn1c(-c2ccc(Cl)cc2)n[nH]c1=S. The second-order valence-electron chi connectivity index (χ2n) is 5.72. The topological polar surface area (TPSA) is 53.9 Å². The number of rotatable bonds is 5. The van der Waals surface area contributed by atoms with E-state index in [1.54, 1.807) is 40.0 Å². The first-order chi connectivity index (χ1) is 12.0. The number of hydrogen-bond acceptors (Lipinski definition) is 4. The molecule has 0 atom stereocenters. The van der Waals surface area contributed by atoms with Gasteiger partial charge in [-0.1, -0.05) is 11.6 Å². The Morgan fingerprint density at radius 3 is 2.72 bits per heavy atom. The van der Waals surface area contributed by atoms with Gasteiger partial charge >= 0.3 is 0 Å². The lowest BCUT2D eigenvalue weighted by Gasteiger charge is -2.17. The highest BCUT2D eigenvalue weighted by Crippen LogP contribution is 2.21. The van der Waals surface area contributed by atoms with Gasteiger partial charge in [-0.05, 0) is 60.4 Å². The number of nitrogens with zero attached hydrogens (tertiary/aromatic N) is 3. The number of aromatic nitrogens is 3. The van der Waals surface area contributed by atoms with Crippen LogP contribution in [0.1, 0.15) is 10.4 Å². The summed E-state index contributed by atoms with van der Waals surface area (Å²) in [7, 11) is 1.80. The van der Waals surface area contributed by atoms with Crippen LogP contribution in [0.15, 0.2) is 35.7 Å². The minimum absolute atomic E-state index is 0.0273. The van der Waals surface area contributed by atoms with Crippen molar-refractivity contribution in [2.75, 3.05) is 7.05 Å². The number of benzene rings is 1. The molecule has 0 saturated carbocycles. The van der Waals surface area contributed by atoms with Crippen molar-refractivity contribution in [3.05, 3.63) is 55.9 Å². The molecule has 0 fully saturated rings. The maximum Gasteiger partial charge on any atom is 0.242 e. The van der Waals surface area contributed by atoms with E-state index >= 15 is 0 Å². The summed E-state index contributed by atoms with van der Waals surface area (Å²) >= 11 is 12.9. The standard InChI is InChI=1S/C17H17ClN4OS2/c1-11-7-8-25-14(11)9-21(2)15(23)10-22-16(19-20-17(22)24)12-3-5-13(18)6-4-12/h3-8H,9-10H2,1-2H3,(H,20,24). The van der Waals surface area contributed by atoms with Gasteiger partial charge in [-0.2, -0.15) is 5.10 Å². The van der Waals surface area contributed by atoms with Crippen LogP contribution in [0.25, 0.3) is 11.4 Å². The van der Waals surface area contributed by atoms with E-state index in [9.17, 15) is 4.79 Å². The number of hydrogen-bond donors (Lipinski definition) is 1. The molecular weight excluding hydrogens is 376 g/mol. The molecule has 3 rings (SSSR count). The number of H-pyrrole nitrogens is 1. The van der Waals surface area contributed by atoms with Gasteiger partial charge in [0.2, 0.25) is 5.91 Å². The van der Waals surface area contributed by atoms with Gasteiger partial charge in [0.1, 0.15) is 6.54 Å². The first-order valence-corrected chi connectivity index (χ1v) is 9.30. The molecule has 0 aliphatic carbocycles. The summed E-state index contributed by atoms with van der Waals surface area (Å²) in [6.07, 6.45) is 0. The Bertz CT molecular complexity index is 942. The Balaban J connectivity index is 1.79. The van der Waals surface area contributed by atoms with Crippen molar-refractivity contribution in [3.63, 3.8) is 0 Å². The normalized spacial score (nSPS) is 10.8. The van der Waals surface area contributed by atoms with Crippen LogP contribution in [-0.4, -0.2) is 32.6 Å². The second kappa shape index (κ2) is 7.51. The quantitative estimate of drug-likeness (QED) is 0.659. The fraction of sp³-hybridized carbons (Fsp3) is 0.235. The molecule has 0 saturated heterocycles. The lowest BCUT2D eigenvalue weighted by molar-refractivity contribution is -0.131. The smallest absolute Gasteiger partial charge is 0.242 e. The summed E-state index contributed by atoms with van der Waals surface area (Å²) in [5.41, 5.74) is 2.05. The number of halogens is 1. The zero-order valence-corrected chi connectivity index (χ0v) is 16.2. The Hall–Kier alpha value is -1.96. The maximum absolute atomic E-state index is 12.6. The molecule has 8 heteroatoms. The predicted molar refractivity (Wildman–Crippen MR) is 103 cm³/mol. The average Bonchev–Trinajstić information content (AvgIpc) is 3.15. The minimum Gasteiger partial charge on any atom is -0.339 e. The van der Waals surface area contributed by atoms with Gasteiger partial charge in [0.15, 0.2) is 10.6 Å². The molecule has 25 heavy (non-hydrogen) atoms. The van der Waals surface area contributed by atoms with Gasteiger partial charge in [-0.25, -0.2) is 0 Å². The van der Waals surface area contributed by atoms with Crippen molar-refractivity contribution in [3.8, 4) is 11.4 Å². The highest BCUT2D eigenvalue weighted by atomic mass is 35.5. The Morgan fingerprint density at radius 1 is 1.36 bits per heavy atom. The van der Waals surface area contributed by atoms with Crippen LogP contribution >= 0.6 is 35.2 Å². The van der Waals surface area contributed by atoms with Crippen LogP contribution in [0.2, 0.25) is 5.02 Å². The predicted octanol–water partition coefficient (Wildman–Crippen LogP) is 4.29. The third-order valence-corrected chi connectivity index (χ3v) is 5.50. The number of likely N-dealkylation sites (N-methyl/N-ethyl adjacent to an activating group) is 1. The number of aryl methyl sites for hydroxylation is 1. The molecule has 0 aliphatic heterocycles. The van der Waals surface area contributed by atoms with Crippen LogP contribution in [-0.2, 0) is 17.9 Å². The number of thiophene rings is 1. The molecule has 0 radical (unpaired) electrons. The Morgan fingerprint density at radius 2 is 2.08 bits per heavy atom. The fourth-order valence-electron chi connectivity index (χ4n) is 2.41. The molecule has 1 aromatic carbocycles. The maximum atomic E-state index is 12.6. The summed E-state index contributed by atoms with van der Waals surface area (Å²) in [5.74, 6) is 0.594. The van der Waals surface area contributed by atoms with E-state index in [1.807, 2.05) is 17.5 Å². The second-order valence-corrected chi connectivity index (χ2v) is 7.55. The number of aromatic amines is 1. The number of carbonyl (C=O) groups is 1. The summed E-state index contributed by atoms with van der Waals surface area (Å²) in [4.78, 5) is 15.5. The summed E-state index contributed by atoms with van der Waals surface area (Å²) in [6, 6.07) is 9.34. The molecule has 0 aliphatic rings. The Kier molecular flexibility index (Phi) is 5.36. The van der Waals surface area contributed by atoms with Gasteiger partial charge in [0, 0.05) is 22.5 Å². The third-order valence-electron chi connectivity index (χ3n) is 3.93. The summed E-state index contributed by atoms with van der Waals surface area (Å²) in [5, 5.41) is 9.70. The lowest BCUT2D eigenvalue weighted by Crippen LogP contribution is -2.30. The first kappa shape index (κ1) is 17.8. The molecule has 0 bridgehead atoms. The van der Waals surface area contributed by atoms with Crippen molar-refractivity contribution < 1.29 is 4.79 Å². The molecule has 1 amide bonds. The summed E-state index contributed by atoms with van der Waals surface area (Å²) < 4.78 is 2.12. The molecule has 0 spiro atoms. The van der Waals surface area contributed by atoms with E-state index in [4.69, 9.17) is 23.8 Å². The zero-order chi connectivity index (χ0) is 18.0. The molecular formula is C17H17ClN4OS2. The molecule has 3 aromatic rings. The summed E-state index contributed by atoms with van der Waals surface area (Å²) in [6.45, 7) is 2.77. The van der Waals surface area contributed by atoms with Crippen molar-refractivity contribution in [2.45, 2.75) is 20.0 Å². The largest absolute Gasteiger partial charge is 0.339 e. The van der Waals surface area contributed by atoms with E-state index in [0.717, 1.165) is 5.56 Å².